The van der Waals surface area contributed by atoms with Crippen LogP contribution in [0.25, 0.3) is 5.78 Å². The number of ether oxygens (including phenoxy) is 1. The number of fused-ring (bicyclic) bond motifs is 1. The highest BCUT2D eigenvalue weighted by atomic mass is 79.9. The Balaban J connectivity index is 1.59. The minimum Gasteiger partial charge on any atom is -0.465 e. The van der Waals surface area contributed by atoms with Gasteiger partial charge in [0.25, 0.3) is 5.78 Å². The van der Waals surface area contributed by atoms with Gasteiger partial charge in [0, 0.05) is 27.7 Å². The molecular formula is C21H18BrN5O2S. The lowest BCUT2D eigenvalue weighted by molar-refractivity contribution is 0.0601. The highest BCUT2D eigenvalue weighted by Crippen LogP contribution is 2.24. The molecule has 0 amide bonds. The molecule has 0 saturated heterocycles. The summed E-state index contributed by atoms with van der Waals surface area (Å²) in [5.41, 5.74) is 3.20. The first-order valence-corrected chi connectivity index (χ1v) is 10.9. The number of nitrogens with zero attached hydrogens (tertiary/aromatic N) is 4. The molecule has 0 atom stereocenters. The normalized spacial score (nSPS) is 10.9. The predicted molar refractivity (Wildman–Crippen MR) is 120 cm³/mol. The molecule has 0 bridgehead atoms. The summed E-state index contributed by atoms with van der Waals surface area (Å²) in [5, 5.41) is 8.54. The zero-order valence-electron chi connectivity index (χ0n) is 16.3. The standard InChI is InChI=1S/C21H18BrN5O2S/c1-13-10-18(24-17-5-3-4-15(11-17)19(28)29-2)27-20(23-13)25-21(26-27)30-12-14-6-8-16(22)9-7-14/h3-11,24H,12H2,1-2H3. The number of thioether (sulfide) groups is 1. The van der Waals surface area contributed by atoms with E-state index in [-0.39, 0.29) is 5.97 Å². The third-order valence-corrected chi connectivity index (χ3v) is 5.70. The Morgan fingerprint density at radius 1 is 1.17 bits per heavy atom. The minimum atomic E-state index is -0.387. The van der Waals surface area contributed by atoms with Gasteiger partial charge in [0.05, 0.1) is 12.7 Å². The van der Waals surface area contributed by atoms with Gasteiger partial charge >= 0.3 is 5.97 Å². The minimum absolute atomic E-state index is 0.387. The van der Waals surface area contributed by atoms with E-state index in [2.05, 4.69) is 48.4 Å². The van der Waals surface area contributed by atoms with Crippen LogP contribution in [0.4, 0.5) is 11.5 Å². The van der Waals surface area contributed by atoms with Crippen molar-refractivity contribution in [3.8, 4) is 0 Å². The van der Waals surface area contributed by atoms with Crippen LogP contribution in [0.1, 0.15) is 21.6 Å². The first kappa shape index (κ1) is 20.4. The second-order valence-electron chi connectivity index (χ2n) is 6.50. The third kappa shape index (κ3) is 4.63. The molecule has 0 fully saturated rings. The maximum atomic E-state index is 11.8. The van der Waals surface area contributed by atoms with E-state index in [0.717, 1.165) is 21.6 Å². The zero-order chi connectivity index (χ0) is 21.1. The monoisotopic (exact) mass is 483 g/mol. The fraction of sp³-hybridized carbons (Fsp3) is 0.143. The molecule has 2 aromatic heterocycles. The van der Waals surface area contributed by atoms with E-state index >= 15 is 0 Å². The van der Waals surface area contributed by atoms with E-state index < -0.39 is 0 Å². The number of aryl methyl sites for hydroxylation is 1. The summed E-state index contributed by atoms with van der Waals surface area (Å²) in [5.74, 6) is 1.59. The molecule has 0 unspecified atom stereocenters. The highest BCUT2D eigenvalue weighted by molar-refractivity contribution is 9.10. The zero-order valence-corrected chi connectivity index (χ0v) is 18.7. The Hall–Kier alpha value is -2.91. The second-order valence-corrected chi connectivity index (χ2v) is 8.36. The quantitative estimate of drug-likeness (QED) is 0.304. The van der Waals surface area contributed by atoms with Crippen LogP contribution in [0.3, 0.4) is 0 Å². The molecule has 9 heteroatoms. The molecule has 0 saturated carbocycles. The van der Waals surface area contributed by atoms with Crippen LogP contribution in [-0.4, -0.2) is 32.7 Å². The molecule has 7 nitrogen and oxygen atoms in total. The Kier molecular flexibility index (Phi) is 6.01. The molecule has 0 radical (unpaired) electrons. The van der Waals surface area contributed by atoms with E-state index in [9.17, 15) is 4.79 Å². The summed E-state index contributed by atoms with van der Waals surface area (Å²) in [6.45, 7) is 1.90. The van der Waals surface area contributed by atoms with Crippen molar-refractivity contribution < 1.29 is 9.53 Å². The molecule has 0 aliphatic carbocycles. The van der Waals surface area contributed by atoms with Gasteiger partial charge in [-0.15, -0.1) is 5.10 Å². The largest absolute Gasteiger partial charge is 0.465 e. The molecule has 2 aromatic carbocycles. The second kappa shape index (κ2) is 8.85. The number of carbonyl (C=O) groups excluding carboxylic acids is 1. The molecule has 1 N–H and O–H groups in total. The molecule has 30 heavy (non-hydrogen) atoms. The van der Waals surface area contributed by atoms with Gasteiger partial charge in [-0.2, -0.15) is 9.50 Å². The van der Waals surface area contributed by atoms with Crippen molar-refractivity contribution in [3.05, 3.63) is 75.9 Å². The van der Waals surface area contributed by atoms with E-state index in [1.165, 1.54) is 12.7 Å². The predicted octanol–water partition coefficient (Wildman–Crippen LogP) is 5.02. The molecule has 0 aliphatic heterocycles. The van der Waals surface area contributed by atoms with Gasteiger partial charge in [0.2, 0.25) is 5.16 Å². The summed E-state index contributed by atoms with van der Waals surface area (Å²) in [7, 11) is 1.36. The van der Waals surface area contributed by atoms with Crippen molar-refractivity contribution in [2.45, 2.75) is 17.8 Å². The van der Waals surface area contributed by atoms with Gasteiger partial charge in [-0.05, 0) is 42.8 Å². The lowest BCUT2D eigenvalue weighted by Gasteiger charge is -2.09. The van der Waals surface area contributed by atoms with Crippen LogP contribution in [0.2, 0.25) is 0 Å². The van der Waals surface area contributed by atoms with Crippen molar-refractivity contribution in [2.24, 2.45) is 0 Å². The number of rotatable bonds is 6. The first-order valence-electron chi connectivity index (χ1n) is 9.09. The number of carbonyl (C=O) groups is 1. The van der Waals surface area contributed by atoms with Crippen molar-refractivity contribution >= 4 is 50.9 Å². The van der Waals surface area contributed by atoms with E-state index in [0.29, 0.717) is 22.3 Å². The fourth-order valence-corrected chi connectivity index (χ4v) is 3.87. The summed E-state index contributed by atoms with van der Waals surface area (Å²) >= 11 is 5.00. The summed E-state index contributed by atoms with van der Waals surface area (Å²) in [4.78, 5) is 20.8. The Morgan fingerprint density at radius 3 is 2.73 bits per heavy atom. The number of methoxy groups -OCH3 is 1. The van der Waals surface area contributed by atoms with Gasteiger partial charge in [-0.3, -0.25) is 0 Å². The van der Waals surface area contributed by atoms with Crippen LogP contribution in [0, 0.1) is 6.92 Å². The van der Waals surface area contributed by atoms with E-state index in [1.807, 2.05) is 31.2 Å². The summed E-state index contributed by atoms with van der Waals surface area (Å²) in [6.07, 6.45) is 0. The Bertz CT molecular complexity index is 1210. The number of hydrogen-bond acceptors (Lipinski definition) is 7. The van der Waals surface area contributed by atoms with Gasteiger partial charge in [-0.1, -0.05) is 45.9 Å². The van der Waals surface area contributed by atoms with Crippen molar-refractivity contribution in [1.82, 2.24) is 19.6 Å². The average molecular weight is 484 g/mol. The highest BCUT2D eigenvalue weighted by Gasteiger charge is 2.12. The number of benzene rings is 2. The fourth-order valence-electron chi connectivity index (χ4n) is 2.84. The van der Waals surface area contributed by atoms with Crippen molar-refractivity contribution in [2.75, 3.05) is 12.4 Å². The maximum Gasteiger partial charge on any atom is 0.337 e. The van der Waals surface area contributed by atoms with Gasteiger partial charge in [-0.25, -0.2) is 9.78 Å². The molecule has 0 aliphatic rings. The smallest absolute Gasteiger partial charge is 0.337 e. The molecule has 4 aromatic rings. The van der Waals surface area contributed by atoms with Gasteiger partial charge in [0.15, 0.2) is 0 Å². The van der Waals surface area contributed by atoms with Crippen LogP contribution in [-0.2, 0) is 10.5 Å². The molecule has 2 heterocycles. The number of halogens is 1. The molecule has 4 rings (SSSR count). The van der Waals surface area contributed by atoms with Crippen LogP contribution in [0.15, 0.2) is 64.2 Å². The number of anilines is 2. The Morgan fingerprint density at radius 2 is 1.97 bits per heavy atom. The Labute approximate surface area is 186 Å². The number of nitrogens with one attached hydrogen (secondary N) is 1. The number of aromatic nitrogens is 4. The molecule has 152 valence electrons. The number of hydrogen-bond donors (Lipinski definition) is 1. The third-order valence-electron chi connectivity index (χ3n) is 4.26. The van der Waals surface area contributed by atoms with Gasteiger partial charge in [0.1, 0.15) is 5.82 Å². The summed E-state index contributed by atoms with van der Waals surface area (Å²) in [6, 6.07) is 17.1. The van der Waals surface area contributed by atoms with Crippen LogP contribution >= 0.6 is 27.7 Å². The SMILES string of the molecule is COC(=O)c1cccc(Nc2cc(C)nc3nc(SCc4ccc(Br)cc4)nn23)c1. The molecule has 0 spiro atoms. The van der Waals surface area contributed by atoms with E-state index in [1.54, 1.807) is 34.5 Å². The van der Waals surface area contributed by atoms with Gasteiger partial charge < -0.3 is 10.1 Å². The average Bonchev–Trinajstić information content (AvgIpc) is 3.16. The van der Waals surface area contributed by atoms with Crippen molar-refractivity contribution in [1.29, 1.82) is 0 Å². The van der Waals surface area contributed by atoms with Crippen LogP contribution < -0.4 is 5.32 Å². The van der Waals surface area contributed by atoms with Crippen molar-refractivity contribution in [3.63, 3.8) is 0 Å². The topological polar surface area (TPSA) is 81.4 Å². The first-order chi connectivity index (χ1) is 14.5. The summed E-state index contributed by atoms with van der Waals surface area (Å²) < 4.78 is 7.51. The van der Waals surface area contributed by atoms with Crippen LogP contribution in [0.5, 0.6) is 0 Å². The lowest BCUT2D eigenvalue weighted by atomic mass is 10.2. The maximum absolute atomic E-state index is 11.8. The van der Waals surface area contributed by atoms with E-state index in [4.69, 9.17) is 4.74 Å². The molecular weight excluding hydrogens is 466 g/mol. The lowest BCUT2D eigenvalue weighted by Crippen LogP contribution is -2.05. The number of esters is 1.